The number of esters is 1. The lowest BCUT2D eigenvalue weighted by atomic mass is 10.1. The van der Waals surface area contributed by atoms with Gasteiger partial charge in [-0.3, -0.25) is 18.6 Å². The van der Waals surface area contributed by atoms with Crippen molar-refractivity contribution in [1.29, 1.82) is 0 Å². The van der Waals surface area contributed by atoms with E-state index in [1.165, 1.54) is 51.4 Å². The van der Waals surface area contributed by atoms with Crippen LogP contribution in [0.15, 0.2) is 36.5 Å². The second-order valence-electron chi connectivity index (χ2n) is 12.1. The third-order valence-corrected chi connectivity index (χ3v) is 8.38. The number of rotatable bonds is 33. The summed E-state index contributed by atoms with van der Waals surface area (Å²) >= 11 is 0. The summed E-state index contributed by atoms with van der Waals surface area (Å²) in [7, 11) is -4.73. The molecule has 0 rings (SSSR count). The van der Waals surface area contributed by atoms with Crippen LogP contribution in [0.25, 0.3) is 0 Å². The Balaban J connectivity index is 3.80. The minimum absolute atomic E-state index is 0.130. The van der Waals surface area contributed by atoms with E-state index in [0.717, 1.165) is 51.4 Å². The van der Waals surface area contributed by atoms with Crippen LogP contribution in [0.5, 0.6) is 0 Å². The third-order valence-electron chi connectivity index (χ3n) is 7.43. The van der Waals surface area contributed by atoms with Crippen molar-refractivity contribution in [2.24, 2.45) is 0 Å². The predicted octanol–water partition coefficient (Wildman–Crippen LogP) is 8.10. The van der Waals surface area contributed by atoms with E-state index in [1.54, 1.807) is 0 Å². The normalized spacial score (nSPS) is 14.4. The fourth-order valence-electron chi connectivity index (χ4n) is 4.55. The zero-order valence-corrected chi connectivity index (χ0v) is 30.4. The maximum Gasteiger partial charge on any atom is 0.472 e. The molecule has 1 amide bonds. The molecule has 48 heavy (non-hydrogen) atoms. The summed E-state index contributed by atoms with van der Waals surface area (Å²) < 4.78 is 26.4. The first-order valence-corrected chi connectivity index (χ1v) is 19.5. The van der Waals surface area contributed by atoms with E-state index in [-0.39, 0.29) is 12.8 Å². The molecule has 0 aliphatic carbocycles. The first-order valence-electron chi connectivity index (χ1n) is 18.0. The smallest absolute Gasteiger partial charge is 0.472 e. The van der Waals surface area contributed by atoms with Gasteiger partial charge in [-0.1, -0.05) is 115 Å². The van der Waals surface area contributed by atoms with Gasteiger partial charge in [0.15, 0.2) is 6.04 Å². The Kier molecular flexibility index (Phi) is 30.4. The molecular formula is C36H64NO10P. The number of hydrogen-bond donors (Lipinski definition) is 4. The predicted molar refractivity (Wildman–Crippen MR) is 189 cm³/mol. The highest BCUT2D eigenvalue weighted by atomic mass is 31.2. The maximum atomic E-state index is 12.1. The molecule has 3 unspecified atom stereocenters. The van der Waals surface area contributed by atoms with Crippen LogP contribution >= 0.6 is 7.82 Å². The van der Waals surface area contributed by atoms with Gasteiger partial charge in [0.05, 0.1) is 13.2 Å². The monoisotopic (exact) mass is 701 g/mol. The highest BCUT2D eigenvalue weighted by Crippen LogP contribution is 2.43. The van der Waals surface area contributed by atoms with Crippen molar-refractivity contribution in [2.75, 3.05) is 19.8 Å². The number of ether oxygens (including phenoxy) is 1. The quantitative estimate of drug-likeness (QED) is 0.0227. The van der Waals surface area contributed by atoms with Crippen molar-refractivity contribution in [3.05, 3.63) is 36.5 Å². The van der Waals surface area contributed by atoms with E-state index in [2.05, 4.69) is 57.7 Å². The fourth-order valence-corrected chi connectivity index (χ4v) is 5.33. The molecule has 0 saturated carbocycles. The zero-order valence-electron chi connectivity index (χ0n) is 29.5. The average molecular weight is 702 g/mol. The number of aliphatic hydroxyl groups is 1. The van der Waals surface area contributed by atoms with Crippen molar-refractivity contribution in [1.82, 2.24) is 5.32 Å². The summed E-state index contributed by atoms with van der Waals surface area (Å²) in [5.41, 5.74) is 0. The largest absolute Gasteiger partial charge is 0.480 e. The molecule has 0 heterocycles. The van der Waals surface area contributed by atoms with E-state index in [4.69, 9.17) is 4.74 Å². The van der Waals surface area contributed by atoms with Gasteiger partial charge in [-0.2, -0.15) is 0 Å². The highest BCUT2D eigenvalue weighted by molar-refractivity contribution is 7.47. The number of nitrogens with one attached hydrogen (secondary N) is 1. The lowest BCUT2D eigenvalue weighted by Gasteiger charge is -2.18. The van der Waals surface area contributed by atoms with Crippen LogP contribution in [0.4, 0.5) is 0 Å². The minimum Gasteiger partial charge on any atom is -0.480 e. The average Bonchev–Trinajstić information content (AvgIpc) is 3.05. The number of carboxylic acid groups (broad SMARTS) is 1. The van der Waals surface area contributed by atoms with Crippen LogP contribution in [0, 0.1) is 0 Å². The zero-order chi connectivity index (χ0) is 35.7. The van der Waals surface area contributed by atoms with E-state index >= 15 is 0 Å². The Labute approximate surface area is 289 Å². The molecule has 12 heteroatoms. The number of phosphoric ester groups is 1. The van der Waals surface area contributed by atoms with Crippen LogP contribution in [-0.2, 0) is 32.7 Å². The van der Waals surface area contributed by atoms with E-state index in [1.807, 2.05) is 6.92 Å². The fraction of sp³-hybridized carbons (Fsp3) is 0.750. The molecule has 278 valence electrons. The van der Waals surface area contributed by atoms with E-state index < -0.39 is 57.6 Å². The highest BCUT2D eigenvalue weighted by Gasteiger charge is 2.28. The van der Waals surface area contributed by atoms with Crippen LogP contribution in [-0.4, -0.2) is 64.9 Å². The van der Waals surface area contributed by atoms with Gasteiger partial charge in [-0.15, -0.1) is 0 Å². The number of hydrogen-bond acceptors (Lipinski definition) is 8. The van der Waals surface area contributed by atoms with Gasteiger partial charge in [0, 0.05) is 12.8 Å². The van der Waals surface area contributed by atoms with E-state index in [0.29, 0.717) is 12.8 Å². The first kappa shape index (κ1) is 45.7. The van der Waals surface area contributed by atoms with Crippen LogP contribution < -0.4 is 5.32 Å². The molecule has 0 spiro atoms. The number of carbonyl (C=O) groups is 3. The molecule has 0 aromatic carbocycles. The summed E-state index contributed by atoms with van der Waals surface area (Å²) in [6.45, 7) is 2.29. The molecule has 0 bridgehead atoms. The Bertz CT molecular complexity index is 968. The first-order chi connectivity index (χ1) is 23.1. The van der Waals surface area contributed by atoms with Gasteiger partial charge in [-0.25, -0.2) is 9.36 Å². The van der Waals surface area contributed by atoms with Crippen molar-refractivity contribution in [2.45, 2.75) is 154 Å². The van der Waals surface area contributed by atoms with Crippen LogP contribution in [0.3, 0.4) is 0 Å². The number of aliphatic carboxylic acids is 1. The Morgan fingerprint density at radius 3 is 1.73 bits per heavy atom. The molecule has 0 fully saturated rings. The van der Waals surface area contributed by atoms with Crippen molar-refractivity contribution < 1.29 is 47.8 Å². The van der Waals surface area contributed by atoms with Crippen LogP contribution in [0.2, 0.25) is 0 Å². The number of amides is 1. The summed E-state index contributed by atoms with van der Waals surface area (Å²) in [4.78, 5) is 45.0. The SMILES string of the molecule is CCCCC/C=C\C/C=C\C/C=C\CCCCCCCCCCC(=O)OCC(O)COP(=O)(O)OCC(NC(=O)CCCCC)C(=O)O. The lowest BCUT2D eigenvalue weighted by molar-refractivity contribution is -0.147. The molecule has 0 saturated heterocycles. The number of aliphatic hydroxyl groups excluding tert-OH is 1. The van der Waals surface area contributed by atoms with Gasteiger partial charge in [0.2, 0.25) is 5.91 Å². The molecule has 0 aliphatic rings. The minimum atomic E-state index is -4.73. The Morgan fingerprint density at radius 2 is 1.15 bits per heavy atom. The Hall–Kier alpha value is -2.30. The van der Waals surface area contributed by atoms with Gasteiger partial charge < -0.3 is 25.2 Å². The maximum absolute atomic E-state index is 12.1. The molecule has 0 aromatic rings. The van der Waals surface area contributed by atoms with E-state index in [9.17, 15) is 34.1 Å². The number of phosphoric acid groups is 1. The molecule has 0 aromatic heterocycles. The number of unbranched alkanes of at least 4 members (excludes halogenated alkanes) is 13. The second-order valence-corrected chi connectivity index (χ2v) is 13.5. The Morgan fingerprint density at radius 1 is 0.667 bits per heavy atom. The molecular weight excluding hydrogens is 637 g/mol. The number of carbonyl (C=O) groups excluding carboxylic acids is 2. The molecule has 4 N–H and O–H groups in total. The summed E-state index contributed by atoms with van der Waals surface area (Å²) in [5, 5.41) is 21.4. The number of carboxylic acids is 1. The van der Waals surface area contributed by atoms with Gasteiger partial charge >= 0.3 is 19.8 Å². The molecule has 0 aliphatic heterocycles. The summed E-state index contributed by atoms with van der Waals surface area (Å²) in [5.74, 6) is -2.42. The molecule has 11 nitrogen and oxygen atoms in total. The molecule has 0 radical (unpaired) electrons. The topological polar surface area (TPSA) is 169 Å². The van der Waals surface area contributed by atoms with Crippen molar-refractivity contribution in [3.8, 4) is 0 Å². The number of allylic oxidation sites excluding steroid dienone is 6. The van der Waals surface area contributed by atoms with Gasteiger partial charge in [0.1, 0.15) is 12.7 Å². The van der Waals surface area contributed by atoms with Crippen LogP contribution in [0.1, 0.15) is 142 Å². The van der Waals surface area contributed by atoms with Gasteiger partial charge in [-0.05, 0) is 51.4 Å². The van der Waals surface area contributed by atoms with Gasteiger partial charge in [0.25, 0.3) is 0 Å². The third kappa shape index (κ3) is 31.0. The second kappa shape index (κ2) is 31.9. The van der Waals surface area contributed by atoms with Crippen molar-refractivity contribution >= 4 is 25.7 Å². The summed E-state index contributed by atoms with van der Waals surface area (Å²) in [6.07, 6.45) is 31.5. The lowest BCUT2D eigenvalue weighted by Crippen LogP contribution is -2.43. The summed E-state index contributed by atoms with van der Waals surface area (Å²) in [6, 6.07) is -1.54. The van der Waals surface area contributed by atoms with Crippen molar-refractivity contribution in [3.63, 3.8) is 0 Å². The standard InChI is InChI=1S/C36H64NO10P/c1-3-5-7-8-9-10-11-12-13-14-15-16-17-18-19-20-21-22-23-24-26-28-35(40)45-29-32(38)30-46-48(43,44)47-31-33(36(41)42)37-34(39)27-25-6-4-2/h9-10,12-13,15-16,32-33,38H,3-8,11,14,17-31H2,1-2H3,(H,37,39)(H,41,42)(H,43,44)/b10-9-,13-12-,16-15-. The molecule has 3 atom stereocenters.